The molecule has 0 atom stereocenters. The van der Waals surface area contributed by atoms with Gasteiger partial charge in [0.25, 0.3) is 5.69 Å². The number of carboxylic acids is 1. The summed E-state index contributed by atoms with van der Waals surface area (Å²) in [5.41, 5.74) is -0.00307. The number of rotatable bonds is 4. The molecule has 0 aromatic carbocycles. The molecule has 0 bridgehead atoms. The maximum absolute atomic E-state index is 10.6. The van der Waals surface area contributed by atoms with Crippen molar-refractivity contribution in [1.29, 1.82) is 0 Å². The van der Waals surface area contributed by atoms with Crippen LogP contribution in [-0.2, 0) is 4.79 Å². The molecule has 1 saturated heterocycles. The quantitative estimate of drug-likeness (QED) is 0.617. The molecule has 1 fully saturated rings. The summed E-state index contributed by atoms with van der Waals surface area (Å²) in [5.74, 6) is -0.184. The molecule has 1 aromatic heterocycles. The summed E-state index contributed by atoms with van der Waals surface area (Å²) in [4.78, 5) is 26.4. The summed E-state index contributed by atoms with van der Waals surface area (Å²) in [6.07, 6.45) is 1.52. The highest BCUT2D eigenvalue weighted by atomic mass is 16.6. The van der Waals surface area contributed by atoms with Gasteiger partial charge in [-0.2, -0.15) is 0 Å². The molecule has 2 rings (SSSR count). The zero-order chi connectivity index (χ0) is 12.4. The summed E-state index contributed by atoms with van der Waals surface area (Å²) in [5, 5.41) is 19.2. The van der Waals surface area contributed by atoms with Gasteiger partial charge in [0.15, 0.2) is 0 Å². The molecule has 0 saturated carbocycles. The minimum absolute atomic E-state index is 0.00307. The Morgan fingerprint density at radius 3 is 2.94 bits per heavy atom. The van der Waals surface area contributed by atoms with Crippen molar-refractivity contribution in [1.82, 2.24) is 4.98 Å². The largest absolute Gasteiger partial charge is 0.481 e. The van der Waals surface area contributed by atoms with Crippen molar-refractivity contribution in [3.63, 3.8) is 0 Å². The van der Waals surface area contributed by atoms with Gasteiger partial charge in [-0.25, -0.2) is 4.98 Å². The highest BCUT2D eigenvalue weighted by Gasteiger charge is 2.30. The van der Waals surface area contributed by atoms with Crippen LogP contribution in [0.4, 0.5) is 11.5 Å². The maximum Gasteiger partial charge on any atom is 0.303 e. The molecule has 7 heteroatoms. The summed E-state index contributed by atoms with van der Waals surface area (Å²) in [6.45, 7) is 1.17. The Hall–Kier alpha value is -2.18. The number of aromatic nitrogens is 1. The Kier molecular flexibility index (Phi) is 2.90. The van der Waals surface area contributed by atoms with E-state index in [0.717, 1.165) is 0 Å². The van der Waals surface area contributed by atoms with Gasteiger partial charge in [0.05, 0.1) is 17.4 Å². The summed E-state index contributed by atoms with van der Waals surface area (Å²) < 4.78 is 0. The van der Waals surface area contributed by atoms with Gasteiger partial charge in [-0.05, 0) is 0 Å². The normalized spacial score (nSPS) is 15.4. The minimum Gasteiger partial charge on any atom is -0.481 e. The van der Waals surface area contributed by atoms with Crippen LogP contribution in [0.5, 0.6) is 0 Å². The first-order valence-electron chi connectivity index (χ1n) is 5.13. The second-order valence-corrected chi connectivity index (χ2v) is 4.00. The molecule has 90 valence electrons. The number of hydrogen-bond donors (Lipinski definition) is 1. The number of anilines is 1. The molecule has 1 N–H and O–H groups in total. The van der Waals surface area contributed by atoms with Crippen LogP contribution in [0.15, 0.2) is 18.3 Å². The highest BCUT2D eigenvalue weighted by Crippen LogP contribution is 2.26. The molecule has 0 aliphatic carbocycles. The van der Waals surface area contributed by atoms with Crippen LogP contribution < -0.4 is 4.90 Å². The van der Waals surface area contributed by atoms with Crippen molar-refractivity contribution in [2.45, 2.75) is 6.42 Å². The molecule has 0 spiro atoms. The molecule has 0 radical (unpaired) electrons. The van der Waals surface area contributed by atoms with Crippen molar-refractivity contribution in [2.75, 3.05) is 18.0 Å². The third-order valence-corrected chi connectivity index (χ3v) is 2.68. The van der Waals surface area contributed by atoms with E-state index in [2.05, 4.69) is 4.98 Å². The lowest BCUT2D eigenvalue weighted by Gasteiger charge is -2.39. The van der Waals surface area contributed by atoms with Crippen LogP contribution in [-0.4, -0.2) is 34.1 Å². The monoisotopic (exact) mass is 237 g/mol. The Morgan fingerprint density at radius 1 is 1.65 bits per heavy atom. The lowest BCUT2D eigenvalue weighted by atomic mass is 9.96. The third kappa shape index (κ3) is 2.49. The number of nitro groups is 1. The summed E-state index contributed by atoms with van der Waals surface area (Å²) in [7, 11) is 0. The lowest BCUT2D eigenvalue weighted by molar-refractivity contribution is -0.384. The first-order chi connectivity index (χ1) is 8.06. The van der Waals surface area contributed by atoms with Crippen LogP contribution in [0.2, 0.25) is 0 Å². The number of carbonyl (C=O) groups is 1. The zero-order valence-corrected chi connectivity index (χ0v) is 8.94. The predicted molar refractivity (Wildman–Crippen MR) is 58.8 cm³/mol. The zero-order valence-electron chi connectivity index (χ0n) is 8.94. The van der Waals surface area contributed by atoms with E-state index in [1.165, 1.54) is 18.3 Å². The number of hydrogen-bond acceptors (Lipinski definition) is 5. The van der Waals surface area contributed by atoms with Crippen LogP contribution in [0.3, 0.4) is 0 Å². The van der Waals surface area contributed by atoms with E-state index in [1.54, 1.807) is 0 Å². The molecule has 1 aliphatic heterocycles. The average molecular weight is 237 g/mol. The molecule has 0 amide bonds. The van der Waals surface area contributed by atoms with E-state index in [4.69, 9.17) is 5.11 Å². The fourth-order valence-electron chi connectivity index (χ4n) is 1.83. The Bertz CT molecular complexity index is 457. The number of aliphatic carboxylic acids is 1. The number of carboxylic acid groups (broad SMARTS) is 1. The molecule has 17 heavy (non-hydrogen) atoms. The van der Waals surface area contributed by atoms with E-state index in [9.17, 15) is 14.9 Å². The molecule has 1 aliphatic rings. The molecule has 2 heterocycles. The van der Waals surface area contributed by atoms with Crippen LogP contribution in [0.1, 0.15) is 6.42 Å². The molecule has 0 unspecified atom stereocenters. The first-order valence-corrected chi connectivity index (χ1v) is 5.13. The second-order valence-electron chi connectivity index (χ2n) is 4.00. The minimum atomic E-state index is -0.818. The highest BCUT2D eigenvalue weighted by molar-refractivity contribution is 5.67. The maximum atomic E-state index is 10.6. The van der Waals surface area contributed by atoms with Crippen molar-refractivity contribution in [2.24, 2.45) is 5.92 Å². The Morgan fingerprint density at radius 2 is 2.35 bits per heavy atom. The van der Waals surface area contributed by atoms with Crippen molar-refractivity contribution in [3.8, 4) is 0 Å². The van der Waals surface area contributed by atoms with Crippen molar-refractivity contribution >= 4 is 17.5 Å². The van der Waals surface area contributed by atoms with E-state index in [-0.39, 0.29) is 18.0 Å². The molecular weight excluding hydrogens is 226 g/mol. The standard InChI is InChI=1S/C10H11N3O4/c14-10(15)3-7-5-12(6-7)9-4-8(13(16)17)1-2-11-9/h1-2,4,7H,3,5-6H2,(H,14,15). The smallest absolute Gasteiger partial charge is 0.303 e. The SMILES string of the molecule is O=C(O)CC1CN(c2cc([N+](=O)[O-])ccn2)C1. The summed E-state index contributed by atoms with van der Waals surface area (Å²) >= 11 is 0. The third-order valence-electron chi connectivity index (χ3n) is 2.68. The van der Waals surface area contributed by atoms with Gasteiger partial charge >= 0.3 is 5.97 Å². The van der Waals surface area contributed by atoms with Gasteiger partial charge in [0.1, 0.15) is 5.82 Å². The van der Waals surface area contributed by atoms with Gasteiger partial charge in [0.2, 0.25) is 0 Å². The average Bonchev–Trinajstić information content (AvgIpc) is 2.22. The van der Waals surface area contributed by atoms with Crippen molar-refractivity contribution < 1.29 is 14.8 Å². The number of pyridine rings is 1. The van der Waals surface area contributed by atoms with Gasteiger partial charge < -0.3 is 10.0 Å². The lowest BCUT2D eigenvalue weighted by Crippen LogP contribution is -2.47. The Labute approximate surface area is 96.8 Å². The van der Waals surface area contributed by atoms with E-state index >= 15 is 0 Å². The summed E-state index contributed by atoms with van der Waals surface area (Å²) in [6, 6.07) is 2.73. The van der Waals surface area contributed by atoms with E-state index in [1.807, 2.05) is 4.90 Å². The second kappa shape index (κ2) is 4.36. The van der Waals surface area contributed by atoms with Gasteiger partial charge in [-0.3, -0.25) is 14.9 Å². The van der Waals surface area contributed by atoms with E-state index in [0.29, 0.717) is 18.9 Å². The van der Waals surface area contributed by atoms with Crippen LogP contribution in [0.25, 0.3) is 0 Å². The van der Waals surface area contributed by atoms with Crippen LogP contribution >= 0.6 is 0 Å². The van der Waals surface area contributed by atoms with Gasteiger partial charge in [-0.1, -0.05) is 0 Å². The Balaban J connectivity index is 1.99. The predicted octanol–water partition coefficient (Wildman–Crippen LogP) is 0.901. The van der Waals surface area contributed by atoms with Crippen LogP contribution in [0, 0.1) is 16.0 Å². The van der Waals surface area contributed by atoms with E-state index < -0.39 is 10.9 Å². The first kappa shape index (κ1) is 11.3. The fourth-order valence-corrected chi connectivity index (χ4v) is 1.83. The fraction of sp³-hybridized carbons (Fsp3) is 0.400. The molecular formula is C10H11N3O4. The van der Waals surface area contributed by atoms with Crippen molar-refractivity contribution in [3.05, 3.63) is 28.4 Å². The number of nitrogens with zero attached hydrogens (tertiary/aromatic N) is 3. The molecule has 7 nitrogen and oxygen atoms in total. The molecule has 1 aromatic rings. The topological polar surface area (TPSA) is 96.6 Å². The van der Waals surface area contributed by atoms with Gasteiger partial charge in [0, 0.05) is 31.3 Å². The van der Waals surface area contributed by atoms with Gasteiger partial charge in [-0.15, -0.1) is 0 Å².